The van der Waals surface area contributed by atoms with Crippen molar-refractivity contribution in [1.29, 1.82) is 0 Å². The third-order valence-corrected chi connectivity index (χ3v) is 2.62. The molecule has 0 N–H and O–H groups in total. The molecule has 1 unspecified atom stereocenters. The van der Waals surface area contributed by atoms with Crippen molar-refractivity contribution in [2.75, 3.05) is 0 Å². The number of aliphatic imine (C=N–C) groups is 1. The third kappa shape index (κ3) is 2.29. The van der Waals surface area contributed by atoms with Gasteiger partial charge in [-0.15, -0.1) is 11.3 Å². The van der Waals surface area contributed by atoms with Crippen LogP contribution in [-0.2, 0) is 4.79 Å². The van der Waals surface area contributed by atoms with E-state index in [4.69, 9.17) is 0 Å². The molecule has 1 aromatic rings. The second-order valence-electron chi connectivity index (χ2n) is 2.54. The first-order valence-electron chi connectivity index (χ1n) is 3.99. The SMILES string of the molecule is CCCC(N=C=O)c1cccs1. The predicted octanol–water partition coefficient (Wildman–Crippen LogP) is 2.93. The highest BCUT2D eigenvalue weighted by Crippen LogP contribution is 2.25. The molecular weight excluding hydrogens is 170 g/mol. The number of hydrogen-bond acceptors (Lipinski definition) is 3. The van der Waals surface area contributed by atoms with Crippen LogP contribution in [0.3, 0.4) is 0 Å². The summed E-state index contributed by atoms with van der Waals surface area (Å²) in [5.74, 6) is 0. The Morgan fingerprint density at radius 2 is 2.58 bits per heavy atom. The molecule has 0 amide bonds. The van der Waals surface area contributed by atoms with Gasteiger partial charge in [-0.05, 0) is 17.9 Å². The highest BCUT2D eigenvalue weighted by Gasteiger charge is 2.08. The Morgan fingerprint density at radius 1 is 1.75 bits per heavy atom. The summed E-state index contributed by atoms with van der Waals surface area (Å²) in [4.78, 5) is 15.0. The van der Waals surface area contributed by atoms with E-state index in [0.717, 1.165) is 17.7 Å². The lowest BCUT2D eigenvalue weighted by atomic mass is 10.1. The maximum atomic E-state index is 10.1. The van der Waals surface area contributed by atoms with Gasteiger partial charge in [0.25, 0.3) is 0 Å². The standard InChI is InChI=1S/C9H11NOS/c1-2-4-8(10-7-11)9-5-3-6-12-9/h3,5-6,8H,2,4H2,1H3. The molecule has 1 aromatic heterocycles. The molecule has 64 valence electrons. The minimum Gasteiger partial charge on any atom is -0.211 e. The number of rotatable bonds is 4. The van der Waals surface area contributed by atoms with Gasteiger partial charge in [-0.3, -0.25) is 0 Å². The Bertz CT molecular complexity index is 262. The lowest BCUT2D eigenvalue weighted by molar-refractivity contribution is 0.553. The van der Waals surface area contributed by atoms with Crippen molar-refractivity contribution in [1.82, 2.24) is 0 Å². The van der Waals surface area contributed by atoms with Gasteiger partial charge in [0.15, 0.2) is 0 Å². The van der Waals surface area contributed by atoms with Crippen LogP contribution in [0.4, 0.5) is 0 Å². The lowest BCUT2D eigenvalue weighted by Gasteiger charge is -2.04. The molecule has 3 heteroatoms. The zero-order chi connectivity index (χ0) is 8.81. The number of carbonyl (C=O) groups excluding carboxylic acids is 1. The number of isocyanates is 1. The molecular formula is C9H11NOS. The first-order chi connectivity index (χ1) is 5.88. The van der Waals surface area contributed by atoms with Gasteiger partial charge >= 0.3 is 0 Å². The van der Waals surface area contributed by atoms with Crippen LogP contribution in [0.5, 0.6) is 0 Å². The van der Waals surface area contributed by atoms with Crippen molar-refractivity contribution in [3.63, 3.8) is 0 Å². The van der Waals surface area contributed by atoms with Crippen LogP contribution >= 0.6 is 11.3 Å². The van der Waals surface area contributed by atoms with E-state index in [9.17, 15) is 4.79 Å². The molecule has 1 atom stereocenters. The van der Waals surface area contributed by atoms with Gasteiger partial charge in [0.1, 0.15) is 0 Å². The molecule has 0 aromatic carbocycles. The second-order valence-corrected chi connectivity index (χ2v) is 3.52. The van der Waals surface area contributed by atoms with Gasteiger partial charge in [0.2, 0.25) is 6.08 Å². The van der Waals surface area contributed by atoms with E-state index in [1.54, 1.807) is 17.4 Å². The van der Waals surface area contributed by atoms with Crippen LogP contribution in [0.2, 0.25) is 0 Å². The van der Waals surface area contributed by atoms with Crippen molar-refractivity contribution >= 4 is 17.4 Å². The molecule has 0 aliphatic heterocycles. The van der Waals surface area contributed by atoms with Crippen LogP contribution in [0.15, 0.2) is 22.5 Å². The minimum absolute atomic E-state index is 0.0347. The molecule has 0 fully saturated rings. The summed E-state index contributed by atoms with van der Waals surface area (Å²) >= 11 is 1.64. The number of thiophene rings is 1. The zero-order valence-electron chi connectivity index (χ0n) is 6.99. The van der Waals surface area contributed by atoms with E-state index in [1.807, 2.05) is 17.5 Å². The summed E-state index contributed by atoms with van der Waals surface area (Å²) in [6.07, 6.45) is 3.58. The highest BCUT2D eigenvalue weighted by molar-refractivity contribution is 7.10. The van der Waals surface area contributed by atoms with E-state index in [-0.39, 0.29) is 6.04 Å². The van der Waals surface area contributed by atoms with Crippen LogP contribution in [-0.4, -0.2) is 6.08 Å². The smallest absolute Gasteiger partial charge is 0.211 e. The Kier molecular flexibility index (Phi) is 3.71. The Labute approximate surface area is 76.0 Å². The third-order valence-electron chi connectivity index (χ3n) is 1.64. The maximum absolute atomic E-state index is 10.1. The Hall–Kier alpha value is -0.920. The van der Waals surface area contributed by atoms with Crippen molar-refractivity contribution in [3.05, 3.63) is 22.4 Å². The quantitative estimate of drug-likeness (QED) is 0.518. The van der Waals surface area contributed by atoms with Crippen molar-refractivity contribution < 1.29 is 4.79 Å². The van der Waals surface area contributed by atoms with Gasteiger partial charge < -0.3 is 0 Å². The first-order valence-corrected chi connectivity index (χ1v) is 4.86. The summed E-state index contributed by atoms with van der Waals surface area (Å²) in [6, 6.07) is 4.02. The fourth-order valence-electron chi connectivity index (χ4n) is 1.09. The number of hydrogen-bond donors (Lipinski definition) is 0. The average Bonchev–Trinajstić information content (AvgIpc) is 2.56. The molecule has 12 heavy (non-hydrogen) atoms. The molecule has 0 radical (unpaired) electrons. The van der Waals surface area contributed by atoms with E-state index < -0.39 is 0 Å². The summed E-state index contributed by atoms with van der Waals surface area (Å²) in [6.45, 7) is 2.08. The molecule has 0 bridgehead atoms. The summed E-state index contributed by atoms with van der Waals surface area (Å²) in [5, 5.41) is 2.00. The van der Waals surface area contributed by atoms with Crippen LogP contribution in [0.25, 0.3) is 0 Å². The summed E-state index contributed by atoms with van der Waals surface area (Å²) in [5.41, 5.74) is 0. The van der Waals surface area contributed by atoms with Gasteiger partial charge in [-0.2, -0.15) is 4.99 Å². The fraction of sp³-hybridized carbons (Fsp3) is 0.444. The molecule has 0 aliphatic carbocycles. The van der Waals surface area contributed by atoms with Crippen molar-refractivity contribution in [2.24, 2.45) is 4.99 Å². The molecule has 0 spiro atoms. The van der Waals surface area contributed by atoms with Gasteiger partial charge in [0.05, 0.1) is 6.04 Å². The first kappa shape index (κ1) is 9.17. The van der Waals surface area contributed by atoms with E-state index in [2.05, 4.69) is 11.9 Å². The Morgan fingerprint density at radius 3 is 3.08 bits per heavy atom. The lowest BCUT2D eigenvalue weighted by Crippen LogP contribution is -1.90. The Balaban J connectivity index is 2.72. The van der Waals surface area contributed by atoms with Gasteiger partial charge in [0, 0.05) is 4.88 Å². The van der Waals surface area contributed by atoms with Crippen molar-refractivity contribution in [3.8, 4) is 0 Å². The molecule has 1 heterocycles. The van der Waals surface area contributed by atoms with E-state index in [1.165, 1.54) is 0 Å². The van der Waals surface area contributed by atoms with Crippen molar-refractivity contribution in [2.45, 2.75) is 25.8 Å². The number of nitrogens with zero attached hydrogens (tertiary/aromatic N) is 1. The fourth-order valence-corrected chi connectivity index (χ4v) is 1.89. The van der Waals surface area contributed by atoms with Gasteiger partial charge in [-0.25, -0.2) is 4.79 Å². The van der Waals surface area contributed by atoms with Crippen LogP contribution < -0.4 is 0 Å². The largest absolute Gasteiger partial charge is 0.235 e. The second kappa shape index (κ2) is 4.86. The maximum Gasteiger partial charge on any atom is 0.235 e. The van der Waals surface area contributed by atoms with E-state index in [0.29, 0.717) is 0 Å². The van der Waals surface area contributed by atoms with E-state index >= 15 is 0 Å². The van der Waals surface area contributed by atoms with Gasteiger partial charge in [-0.1, -0.05) is 19.4 Å². The topological polar surface area (TPSA) is 29.4 Å². The van der Waals surface area contributed by atoms with Crippen LogP contribution in [0.1, 0.15) is 30.7 Å². The molecule has 0 aliphatic rings. The average molecular weight is 181 g/mol. The molecule has 0 saturated heterocycles. The monoisotopic (exact) mass is 181 g/mol. The predicted molar refractivity (Wildman–Crippen MR) is 50.1 cm³/mol. The summed E-state index contributed by atoms with van der Waals surface area (Å²) < 4.78 is 0. The summed E-state index contributed by atoms with van der Waals surface area (Å²) in [7, 11) is 0. The molecule has 0 saturated carbocycles. The minimum atomic E-state index is 0.0347. The molecule has 2 nitrogen and oxygen atoms in total. The highest BCUT2D eigenvalue weighted by atomic mass is 32.1. The molecule has 1 rings (SSSR count). The zero-order valence-corrected chi connectivity index (χ0v) is 7.80. The normalized spacial score (nSPS) is 12.1. The van der Waals surface area contributed by atoms with Crippen LogP contribution in [0, 0.1) is 0 Å².